The molecular formula is C18H16N4O5S2. The Hall–Kier alpha value is -3.31. The fourth-order valence-electron chi connectivity index (χ4n) is 2.29. The average Bonchev–Trinajstić information content (AvgIpc) is 3.19. The lowest BCUT2D eigenvalue weighted by atomic mass is 10.1. The van der Waals surface area contributed by atoms with Gasteiger partial charge in [-0.15, -0.1) is 10.2 Å². The van der Waals surface area contributed by atoms with Crippen molar-refractivity contribution in [3.8, 4) is 0 Å². The van der Waals surface area contributed by atoms with E-state index in [1.807, 2.05) is 0 Å². The number of amides is 1. The normalized spacial score (nSPS) is 11.0. The summed E-state index contributed by atoms with van der Waals surface area (Å²) in [6, 6.07) is 12.9. The number of methoxy groups -OCH3 is 1. The van der Waals surface area contributed by atoms with Crippen LogP contribution >= 0.6 is 11.3 Å². The molecule has 0 radical (unpaired) electrons. The lowest BCUT2D eigenvalue weighted by Gasteiger charge is -2.10. The van der Waals surface area contributed by atoms with Crippen LogP contribution in [0.15, 0.2) is 52.9 Å². The Balaban J connectivity index is 1.79. The Morgan fingerprint density at radius 2 is 1.76 bits per heavy atom. The quantitative estimate of drug-likeness (QED) is 0.453. The van der Waals surface area contributed by atoms with Crippen LogP contribution < -0.4 is 10.0 Å². The molecule has 0 aliphatic carbocycles. The molecule has 0 atom stereocenters. The van der Waals surface area contributed by atoms with Crippen LogP contribution in [0.1, 0.15) is 26.3 Å². The molecule has 0 saturated heterocycles. The third-order valence-corrected chi connectivity index (χ3v) is 6.37. The molecule has 150 valence electrons. The van der Waals surface area contributed by atoms with Crippen LogP contribution in [0, 0.1) is 6.92 Å². The molecule has 11 heteroatoms. The number of hydrogen-bond donors (Lipinski definition) is 2. The minimum atomic E-state index is -4.07. The SMILES string of the molecule is COC(=O)c1ccc(C)c(NS(=O)(=O)c2nnc(NC(=O)c3ccccc3)s2)c1. The van der Waals surface area contributed by atoms with E-state index in [-0.39, 0.29) is 20.7 Å². The van der Waals surface area contributed by atoms with Crippen LogP contribution in [0.5, 0.6) is 0 Å². The minimum absolute atomic E-state index is 0.0410. The molecule has 0 unspecified atom stereocenters. The number of nitrogens with zero attached hydrogens (tertiary/aromatic N) is 2. The van der Waals surface area contributed by atoms with Crippen LogP contribution in [0.2, 0.25) is 0 Å². The van der Waals surface area contributed by atoms with Crippen molar-refractivity contribution in [2.45, 2.75) is 11.3 Å². The molecule has 3 rings (SSSR count). The summed E-state index contributed by atoms with van der Waals surface area (Å²) in [6.07, 6.45) is 0. The summed E-state index contributed by atoms with van der Waals surface area (Å²) in [5.41, 5.74) is 1.41. The summed E-state index contributed by atoms with van der Waals surface area (Å²) in [6.45, 7) is 1.69. The van der Waals surface area contributed by atoms with E-state index in [2.05, 4.69) is 25.0 Å². The first-order valence-electron chi connectivity index (χ1n) is 8.22. The molecule has 2 N–H and O–H groups in total. The number of carbonyl (C=O) groups is 2. The standard InChI is InChI=1S/C18H16N4O5S2/c1-11-8-9-13(16(24)27-2)10-14(11)22-29(25,26)18-21-20-17(28-18)19-15(23)12-6-4-3-5-7-12/h3-10,22H,1-2H3,(H,19,20,23). The number of rotatable bonds is 6. The number of anilines is 2. The van der Waals surface area contributed by atoms with Gasteiger partial charge in [0.25, 0.3) is 20.3 Å². The highest BCUT2D eigenvalue weighted by Gasteiger charge is 2.22. The molecule has 0 fully saturated rings. The lowest BCUT2D eigenvalue weighted by Crippen LogP contribution is -2.14. The van der Waals surface area contributed by atoms with Gasteiger partial charge in [-0.3, -0.25) is 14.8 Å². The molecule has 0 aliphatic rings. The van der Waals surface area contributed by atoms with Gasteiger partial charge in [0.1, 0.15) is 0 Å². The zero-order chi connectivity index (χ0) is 21.0. The number of ether oxygens (including phenoxy) is 1. The number of sulfonamides is 1. The van der Waals surface area contributed by atoms with Gasteiger partial charge >= 0.3 is 5.97 Å². The Morgan fingerprint density at radius 3 is 2.45 bits per heavy atom. The second-order valence-corrected chi connectivity index (χ2v) is 8.65. The largest absolute Gasteiger partial charge is 0.465 e. The van der Waals surface area contributed by atoms with Crippen molar-refractivity contribution in [2.24, 2.45) is 0 Å². The van der Waals surface area contributed by atoms with Crippen LogP contribution in [-0.2, 0) is 14.8 Å². The summed E-state index contributed by atoms with van der Waals surface area (Å²) in [4.78, 5) is 23.8. The van der Waals surface area contributed by atoms with Crippen molar-refractivity contribution in [3.05, 3.63) is 65.2 Å². The molecule has 0 saturated carbocycles. The fraction of sp³-hybridized carbons (Fsp3) is 0.111. The highest BCUT2D eigenvalue weighted by atomic mass is 32.2. The molecule has 3 aromatic rings. The molecular weight excluding hydrogens is 416 g/mol. The topological polar surface area (TPSA) is 127 Å². The first-order valence-corrected chi connectivity index (χ1v) is 10.5. The number of hydrogen-bond acceptors (Lipinski definition) is 8. The monoisotopic (exact) mass is 432 g/mol. The third-order valence-electron chi connectivity index (χ3n) is 3.80. The molecule has 0 aliphatic heterocycles. The van der Waals surface area contributed by atoms with E-state index >= 15 is 0 Å². The number of esters is 1. The van der Waals surface area contributed by atoms with Crippen molar-refractivity contribution < 1.29 is 22.7 Å². The summed E-state index contributed by atoms with van der Waals surface area (Å²) in [5.74, 6) is -1.02. The van der Waals surface area contributed by atoms with Gasteiger partial charge in [0, 0.05) is 5.56 Å². The zero-order valence-corrected chi connectivity index (χ0v) is 17.0. The van der Waals surface area contributed by atoms with E-state index in [4.69, 9.17) is 0 Å². The molecule has 0 spiro atoms. The van der Waals surface area contributed by atoms with Gasteiger partial charge in [-0.05, 0) is 36.8 Å². The van der Waals surface area contributed by atoms with Crippen molar-refractivity contribution in [3.63, 3.8) is 0 Å². The van der Waals surface area contributed by atoms with Crippen LogP contribution in [-0.4, -0.2) is 37.6 Å². The van der Waals surface area contributed by atoms with E-state index in [0.717, 1.165) is 0 Å². The van der Waals surface area contributed by atoms with Gasteiger partial charge in [0.15, 0.2) is 0 Å². The molecule has 2 aromatic carbocycles. The predicted octanol–water partition coefficient (Wildman–Crippen LogP) is 2.69. The zero-order valence-electron chi connectivity index (χ0n) is 15.4. The Bertz CT molecular complexity index is 1160. The predicted molar refractivity (Wildman–Crippen MR) is 108 cm³/mol. The van der Waals surface area contributed by atoms with Crippen LogP contribution in [0.4, 0.5) is 10.8 Å². The van der Waals surface area contributed by atoms with Crippen molar-refractivity contribution in [2.75, 3.05) is 17.1 Å². The van der Waals surface area contributed by atoms with Gasteiger partial charge in [-0.1, -0.05) is 35.6 Å². The molecule has 29 heavy (non-hydrogen) atoms. The van der Waals surface area contributed by atoms with Gasteiger partial charge in [-0.2, -0.15) is 8.42 Å². The first-order chi connectivity index (χ1) is 13.8. The van der Waals surface area contributed by atoms with Crippen LogP contribution in [0.25, 0.3) is 0 Å². The van der Waals surface area contributed by atoms with Gasteiger partial charge in [0.05, 0.1) is 18.4 Å². The highest BCUT2D eigenvalue weighted by Crippen LogP contribution is 2.25. The van der Waals surface area contributed by atoms with Crippen molar-refractivity contribution >= 4 is 44.1 Å². The second-order valence-electron chi connectivity index (χ2n) is 5.82. The van der Waals surface area contributed by atoms with Crippen LogP contribution in [0.3, 0.4) is 0 Å². The summed E-state index contributed by atoms with van der Waals surface area (Å²) >= 11 is 0.707. The van der Waals surface area contributed by atoms with Crippen molar-refractivity contribution in [1.29, 1.82) is 0 Å². The smallest absolute Gasteiger partial charge is 0.337 e. The number of carbonyl (C=O) groups excluding carboxylic acids is 2. The van der Waals surface area contributed by atoms with Gasteiger partial charge in [0.2, 0.25) is 5.13 Å². The minimum Gasteiger partial charge on any atom is -0.465 e. The Kier molecular flexibility index (Phi) is 5.89. The average molecular weight is 432 g/mol. The van der Waals surface area contributed by atoms with Crippen molar-refractivity contribution in [1.82, 2.24) is 10.2 Å². The fourth-order valence-corrected chi connectivity index (χ4v) is 4.31. The second kappa shape index (κ2) is 8.37. The maximum Gasteiger partial charge on any atom is 0.337 e. The molecule has 1 aromatic heterocycles. The number of aromatic nitrogens is 2. The van der Waals surface area contributed by atoms with E-state index < -0.39 is 21.9 Å². The molecule has 1 heterocycles. The van der Waals surface area contributed by atoms with E-state index in [1.165, 1.54) is 19.2 Å². The highest BCUT2D eigenvalue weighted by molar-refractivity contribution is 7.94. The number of benzene rings is 2. The number of aryl methyl sites for hydroxylation is 1. The van der Waals surface area contributed by atoms with E-state index in [1.54, 1.807) is 43.3 Å². The maximum atomic E-state index is 12.6. The summed E-state index contributed by atoms with van der Waals surface area (Å²) in [5, 5.41) is 9.91. The Morgan fingerprint density at radius 1 is 1.03 bits per heavy atom. The van der Waals surface area contributed by atoms with E-state index in [0.29, 0.717) is 22.5 Å². The van der Waals surface area contributed by atoms with Gasteiger partial charge in [-0.25, -0.2) is 4.79 Å². The van der Waals surface area contributed by atoms with Gasteiger partial charge < -0.3 is 4.74 Å². The summed E-state index contributed by atoms with van der Waals surface area (Å²) in [7, 11) is -2.84. The number of nitrogens with one attached hydrogen (secondary N) is 2. The molecule has 1 amide bonds. The third kappa shape index (κ3) is 4.76. The van der Waals surface area contributed by atoms with E-state index in [9.17, 15) is 18.0 Å². The Labute approximate surface area is 170 Å². The first kappa shape index (κ1) is 20.4. The summed E-state index contributed by atoms with van der Waals surface area (Å²) < 4.78 is 32.0. The molecule has 0 bridgehead atoms. The molecule has 9 nitrogen and oxygen atoms in total. The lowest BCUT2D eigenvalue weighted by molar-refractivity contribution is 0.0600. The maximum absolute atomic E-state index is 12.6.